The van der Waals surface area contributed by atoms with E-state index in [0.29, 0.717) is 11.7 Å². The first-order valence-corrected chi connectivity index (χ1v) is 7.01. The fourth-order valence-corrected chi connectivity index (χ4v) is 2.99. The molecule has 4 heteroatoms. The van der Waals surface area contributed by atoms with E-state index < -0.39 is 0 Å². The fourth-order valence-electron chi connectivity index (χ4n) is 2.99. The number of nitrogens with one attached hydrogen (secondary N) is 1. The van der Waals surface area contributed by atoms with Crippen LogP contribution in [0.15, 0.2) is 24.4 Å². The van der Waals surface area contributed by atoms with Gasteiger partial charge in [-0.3, -0.25) is 10.1 Å². The second-order valence-corrected chi connectivity index (χ2v) is 5.57. The van der Waals surface area contributed by atoms with Crippen LogP contribution < -0.4 is 5.73 Å². The van der Waals surface area contributed by atoms with Gasteiger partial charge < -0.3 is 5.73 Å². The zero-order valence-corrected chi connectivity index (χ0v) is 11.3. The Morgan fingerprint density at radius 1 is 1.21 bits per heavy atom. The maximum Gasteiger partial charge on any atom is 0.154 e. The van der Waals surface area contributed by atoms with Gasteiger partial charge in [0.05, 0.1) is 11.3 Å². The number of aromatic nitrogens is 3. The molecular formula is C15H20N4. The van der Waals surface area contributed by atoms with E-state index in [0.717, 1.165) is 17.2 Å². The van der Waals surface area contributed by atoms with Crippen LogP contribution in [0, 0.1) is 5.92 Å². The molecule has 0 spiro atoms. The van der Waals surface area contributed by atoms with Crippen LogP contribution >= 0.6 is 0 Å². The van der Waals surface area contributed by atoms with Gasteiger partial charge in [-0.05, 0) is 30.9 Å². The minimum absolute atomic E-state index is 0.540. The number of nitrogens with zero attached hydrogens (tertiary/aromatic N) is 2. The maximum absolute atomic E-state index is 6.03. The normalized spacial score (nSPS) is 23.4. The third-order valence-electron chi connectivity index (χ3n) is 4.17. The second-order valence-electron chi connectivity index (χ2n) is 5.57. The molecule has 0 aliphatic heterocycles. The Hall–Kier alpha value is -1.84. The third kappa shape index (κ3) is 2.35. The van der Waals surface area contributed by atoms with Gasteiger partial charge in [-0.15, -0.1) is 0 Å². The van der Waals surface area contributed by atoms with Gasteiger partial charge in [-0.2, -0.15) is 5.10 Å². The Morgan fingerprint density at radius 3 is 2.68 bits per heavy atom. The zero-order chi connectivity index (χ0) is 13.2. The summed E-state index contributed by atoms with van der Waals surface area (Å²) in [6.07, 6.45) is 6.79. The van der Waals surface area contributed by atoms with E-state index in [1.165, 1.54) is 31.4 Å². The van der Waals surface area contributed by atoms with E-state index in [4.69, 9.17) is 5.73 Å². The SMILES string of the molecule is CC1CCC(c2[nH]nc(N)c2-c2ccccn2)CC1. The van der Waals surface area contributed by atoms with Gasteiger partial charge in [0.1, 0.15) is 0 Å². The predicted octanol–water partition coefficient (Wildman–Crippen LogP) is 3.35. The van der Waals surface area contributed by atoms with Crippen LogP contribution in [0.25, 0.3) is 11.3 Å². The number of rotatable bonds is 2. The lowest BCUT2D eigenvalue weighted by Gasteiger charge is -2.25. The molecule has 100 valence electrons. The van der Waals surface area contributed by atoms with Crippen molar-refractivity contribution in [2.24, 2.45) is 5.92 Å². The Morgan fingerprint density at radius 2 is 2.00 bits per heavy atom. The fraction of sp³-hybridized carbons (Fsp3) is 0.467. The molecule has 0 amide bonds. The summed E-state index contributed by atoms with van der Waals surface area (Å²) < 4.78 is 0. The summed E-state index contributed by atoms with van der Waals surface area (Å²) >= 11 is 0. The van der Waals surface area contributed by atoms with Crippen LogP contribution in [0.2, 0.25) is 0 Å². The molecule has 1 fully saturated rings. The molecule has 2 aromatic heterocycles. The summed E-state index contributed by atoms with van der Waals surface area (Å²) in [6, 6.07) is 5.90. The predicted molar refractivity (Wildman–Crippen MR) is 76.6 cm³/mol. The highest BCUT2D eigenvalue weighted by atomic mass is 15.2. The number of nitrogen functional groups attached to an aromatic ring is 1. The van der Waals surface area contributed by atoms with Crippen molar-refractivity contribution >= 4 is 5.82 Å². The summed E-state index contributed by atoms with van der Waals surface area (Å²) in [4.78, 5) is 4.41. The number of H-pyrrole nitrogens is 1. The van der Waals surface area contributed by atoms with Gasteiger partial charge in [-0.1, -0.05) is 25.8 Å². The van der Waals surface area contributed by atoms with Crippen molar-refractivity contribution in [2.45, 2.75) is 38.5 Å². The molecule has 2 heterocycles. The molecule has 0 saturated heterocycles. The number of anilines is 1. The van der Waals surface area contributed by atoms with Gasteiger partial charge in [-0.25, -0.2) is 0 Å². The first-order chi connectivity index (χ1) is 9.25. The van der Waals surface area contributed by atoms with Crippen LogP contribution in [-0.4, -0.2) is 15.2 Å². The highest BCUT2D eigenvalue weighted by Crippen LogP contribution is 2.40. The molecule has 0 unspecified atom stereocenters. The van der Waals surface area contributed by atoms with E-state index in [1.54, 1.807) is 6.20 Å². The molecule has 0 aromatic carbocycles. The largest absolute Gasteiger partial charge is 0.382 e. The molecule has 2 aromatic rings. The Bertz CT molecular complexity index is 539. The van der Waals surface area contributed by atoms with Crippen LogP contribution in [0.1, 0.15) is 44.2 Å². The topological polar surface area (TPSA) is 67.6 Å². The lowest BCUT2D eigenvalue weighted by atomic mass is 9.80. The molecule has 1 aliphatic rings. The molecular weight excluding hydrogens is 236 g/mol. The third-order valence-corrected chi connectivity index (χ3v) is 4.17. The van der Waals surface area contributed by atoms with Crippen molar-refractivity contribution < 1.29 is 0 Å². The number of aromatic amines is 1. The highest BCUT2D eigenvalue weighted by Gasteiger charge is 2.25. The van der Waals surface area contributed by atoms with E-state index in [2.05, 4.69) is 22.1 Å². The Balaban J connectivity index is 1.95. The lowest BCUT2D eigenvalue weighted by Crippen LogP contribution is -2.12. The van der Waals surface area contributed by atoms with E-state index >= 15 is 0 Å². The average Bonchev–Trinajstić information content (AvgIpc) is 2.82. The number of nitrogens with two attached hydrogens (primary N) is 1. The van der Waals surface area contributed by atoms with Crippen molar-refractivity contribution in [3.63, 3.8) is 0 Å². The molecule has 3 N–H and O–H groups in total. The van der Waals surface area contributed by atoms with Gasteiger partial charge in [0.25, 0.3) is 0 Å². The smallest absolute Gasteiger partial charge is 0.154 e. The summed E-state index contributed by atoms with van der Waals surface area (Å²) in [7, 11) is 0. The monoisotopic (exact) mass is 256 g/mol. The van der Waals surface area contributed by atoms with Crippen molar-refractivity contribution in [3.8, 4) is 11.3 Å². The van der Waals surface area contributed by atoms with Gasteiger partial charge in [0.2, 0.25) is 0 Å². The molecule has 19 heavy (non-hydrogen) atoms. The van der Waals surface area contributed by atoms with Crippen LogP contribution in [0.5, 0.6) is 0 Å². The summed E-state index contributed by atoms with van der Waals surface area (Å²) in [5.41, 5.74) is 9.11. The number of hydrogen-bond acceptors (Lipinski definition) is 3. The van der Waals surface area contributed by atoms with E-state index in [1.807, 2.05) is 18.2 Å². The van der Waals surface area contributed by atoms with Crippen molar-refractivity contribution in [2.75, 3.05) is 5.73 Å². The van der Waals surface area contributed by atoms with Gasteiger partial charge in [0.15, 0.2) is 5.82 Å². The first-order valence-electron chi connectivity index (χ1n) is 7.01. The molecule has 0 atom stereocenters. The van der Waals surface area contributed by atoms with Crippen molar-refractivity contribution in [3.05, 3.63) is 30.1 Å². The minimum Gasteiger partial charge on any atom is -0.382 e. The molecule has 0 radical (unpaired) electrons. The second kappa shape index (κ2) is 5.03. The number of hydrogen-bond donors (Lipinski definition) is 2. The average molecular weight is 256 g/mol. The molecule has 3 rings (SSSR count). The lowest BCUT2D eigenvalue weighted by molar-refractivity contribution is 0.344. The van der Waals surface area contributed by atoms with Crippen LogP contribution in [0.4, 0.5) is 5.82 Å². The molecule has 1 saturated carbocycles. The standard InChI is InChI=1S/C15H20N4/c1-10-5-7-11(8-6-10)14-13(15(16)19-18-14)12-4-2-3-9-17-12/h2-4,9-11H,5-8H2,1H3,(H3,16,18,19). The van der Waals surface area contributed by atoms with Crippen molar-refractivity contribution in [1.82, 2.24) is 15.2 Å². The highest BCUT2D eigenvalue weighted by molar-refractivity contribution is 5.73. The van der Waals surface area contributed by atoms with Gasteiger partial charge >= 0.3 is 0 Å². The summed E-state index contributed by atoms with van der Waals surface area (Å²) in [5.74, 6) is 1.94. The maximum atomic E-state index is 6.03. The summed E-state index contributed by atoms with van der Waals surface area (Å²) in [5, 5.41) is 7.34. The van der Waals surface area contributed by atoms with Crippen LogP contribution in [0.3, 0.4) is 0 Å². The molecule has 1 aliphatic carbocycles. The zero-order valence-electron chi connectivity index (χ0n) is 11.3. The van der Waals surface area contributed by atoms with E-state index in [-0.39, 0.29) is 0 Å². The minimum atomic E-state index is 0.540. The quantitative estimate of drug-likeness (QED) is 0.865. The number of pyridine rings is 1. The van der Waals surface area contributed by atoms with E-state index in [9.17, 15) is 0 Å². The Labute approximate surface area is 113 Å². The first kappa shape index (κ1) is 12.2. The molecule has 0 bridgehead atoms. The summed E-state index contributed by atoms with van der Waals surface area (Å²) in [6.45, 7) is 2.33. The van der Waals surface area contributed by atoms with Crippen LogP contribution in [-0.2, 0) is 0 Å². The molecule has 4 nitrogen and oxygen atoms in total. The van der Waals surface area contributed by atoms with Gasteiger partial charge in [0, 0.05) is 17.8 Å². The van der Waals surface area contributed by atoms with Crippen molar-refractivity contribution in [1.29, 1.82) is 0 Å². The Kier molecular flexibility index (Phi) is 3.23.